The van der Waals surface area contributed by atoms with Crippen LogP contribution in [0.15, 0.2) is 42.5 Å². The second-order valence-electron chi connectivity index (χ2n) is 7.01. The second kappa shape index (κ2) is 8.48. The fraction of sp³-hybridized carbons (Fsp3) is 0.381. The standard InChI is InChI=1S/C21H23F2NO3/c1-14(19-10-17(22)6-7-20(19)23)24-11-16(12-24)13-27-18-4-2-3-15(9-18)5-8-21(25)26/h2-4,6-7,9-10,14,16H,5,8,11-13H2,1H3,(H,25,26). The van der Waals surface area contributed by atoms with Crippen molar-refractivity contribution in [3.05, 3.63) is 65.2 Å². The summed E-state index contributed by atoms with van der Waals surface area (Å²) in [4.78, 5) is 12.8. The Bertz CT molecular complexity index is 806. The number of aliphatic carboxylic acids is 1. The van der Waals surface area contributed by atoms with Gasteiger partial charge in [-0.2, -0.15) is 0 Å². The van der Waals surface area contributed by atoms with Gasteiger partial charge in [-0.3, -0.25) is 9.69 Å². The summed E-state index contributed by atoms with van der Waals surface area (Å²) in [6, 6.07) is 10.8. The fourth-order valence-electron chi connectivity index (χ4n) is 3.32. The second-order valence-corrected chi connectivity index (χ2v) is 7.01. The Hall–Kier alpha value is -2.47. The zero-order chi connectivity index (χ0) is 19.4. The monoisotopic (exact) mass is 375 g/mol. The number of ether oxygens (including phenoxy) is 1. The summed E-state index contributed by atoms with van der Waals surface area (Å²) in [5.41, 5.74) is 1.31. The number of carbonyl (C=O) groups is 1. The third-order valence-corrected chi connectivity index (χ3v) is 4.95. The highest BCUT2D eigenvalue weighted by Crippen LogP contribution is 2.30. The molecule has 3 rings (SSSR count). The Morgan fingerprint density at radius 3 is 2.78 bits per heavy atom. The Kier molecular flexibility index (Phi) is 6.06. The van der Waals surface area contributed by atoms with E-state index in [2.05, 4.69) is 4.90 Å². The lowest BCUT2D eigenvalue weighted by Crippen LogP contribution is -2.50. The summed E-state index contributed by atoms with van der Waals surface area (Å²) < 4.78 is 33.1. The van der Waals surface area contributed by atoms with Gasteiger partial charge in [-0.15, -0.1) is 0 Å². The van der Waals surface area contributed by atoms with Gasteiger partial charge in [-0.1, -0.05) is 12.1 Å². The van der Waals surface area contributed by atoms with Crippen LogP contribution in [0, 0.1) is 17.6 Å². The van der Waals surface area contributed by atoms with Gasteiger partial charge in [0.15, 0.2) is 0 Å². The summed E-state index contributed by atoms with van der Waals surface area (Å²) in [5, 5.41) is 8.76. The topological polar surface area (TPSA) is 49.8 Å². The highest BCUT2D eigenvalue weighted by atomic mass is 19.1. The molecule has 0 amide bonds. The maximum absolute atomic E-state index is 13.9. The maximum Gasteiger partial charge on any atom is 0.303 e. The first-order valence-electron chi connectivity index (χ1n) is 9.05. The van der Waals surface area contributed by atoms with Crippen LogP contribution in [0.3, 0.4) is 0 Å². The lowest BCUT2D eigenvalue weighted by atomic mass is 9.95. The minimum absolute atomic E-state index is 0.0928. The molecular weight excluding hydrogens is 352 g/mol. The van der Waals surface area contributed by atoms with Crippen LogP contribution in [0.2, 0.25) is 0 Å². The first kappa shape index (κ1) is 19.3. The molecule has 1 unspecified atom stereocenters. The number of benzene rings is 2. The number of carboxylic acid groups (broad SMARTS) is 1. The van der Waals surface area contributed by atoms with Crippen molar-refractivity contribution in [2.24, 2.45) is 5.92 Å². The number of carboxylic acids is 1. The van der Waals surface area contributed by atoms with Gasteiger partial charge in [0, 0.05) is 37.0 Å². The van der Waals surface area contributed by atoms with Crippen LogP contribution >= 0.6 is 0 Å². The van der Waals surface area contributed by atoms with E-state index in [1.807, 2.05) is 31.2 Å². The predicted molar refractivity (Wildman–Crippen MR) is 97.7 cm³/mol. The van der Waals surface area contributed by atoms with Crippen molar-refractivity contribution in [2.75, 3.05) is 19.7 Å². The Morgan fingerprint density at radius 1 is 1.26 bits per heavy atom. The van der Waals surface area contributed by atoms with E-state index in [9.17, 15) is 13.6 Å². The molecule has 144 valence electrons. The minimum Gasteiger partial charge on any atom is -0.493 e. The molecule has 0 bridgehead atoms. The van der Waals surface area contributed by atoms with Crippen molar-refractivity contribution >= 4 is 5.97 Å². The van der Waals surface area contributed by atoms with Crippen LogP contribution in [0.1, 0.15) is 30.5 Å². The summed E-state index contributed by atoms with van der Waals surface area (Å²) in [6.07, 6.45) is 0.565. The third-order valence-electron chi connectivity index (χ3n) is 4.95. The van der Waals surface area contributed by atoms with Crippen molar-refractivity contribution in [1.82, 2.24) is 4.90 Å². The van der Waals surface area contributed by atoms with Gasteiger partial charge in [0.25, 0.3) is 0 Å². The molecule has 1 aliphatic rings. The molecule has 1 heterocycles. The Balaban J connectivity index is 1.47. The lowest BCUT2D eigenvalue weighted by Gasteiger charge is -2.43. The molecule has 4 nitrogen and oxygen atoms in total. The molecule has 2 aromatic carbocycles. The van der Waals surface area contributed by atoms with E-state index in [-0.39, 0.29) is 18.3 Å². The highest BCUT2D eigenvalue weighted by molar-refractivity contribution is 5.67. The molecule has 1 atom stereocenters. The van der Waals surface area contributed by atoms with Gasteiger partial charge in [0.2, 0.25) is 0 Å². The maximum atomic E-state index is 13.9. The van der Waals surface area contributed by atoms with Gasteiger partial charge in [0.1, 0.15) is 17.4 Å². The van der Waals surface area contributed by atoms with E-state index in [0.29, 0.717) is 24.5 Å². The van der Waals surface area contributed by atoms with E-state index in [1.54, 1.807) is 0 Å². The number of likely N-dealkylation sites (tertiary alicyclic amines) is 1. The average Bonchev–Trinajstić information content (AvgIpc) is 2.61. The van der Waals surface area contributed by atoms with Crippen molar-refractivity contribution in [2.45, 2.75) is 25.8 Å². The van der Waals surface area contributed by atoms with Crippen LogP contribution in [0.4, 0.5) is 8.78 Å². The van der Waals surface area contributed by atoms with Crippen LogP contribution in [-0.2, 0) is 11.2 Å². The zero-order valence-electron chi connectivity index (χ0n) is 15.2. The molecule has 1 aliphatic heterocycles. The smallest absolute Gasteiger partial charge is 0.303 e. The van der Waals surface area contributed by atoms with Gasteiger partial charge < -0.3 is 9.84 Å². The van der Waals surface area contributed by atoms with Gasteiger partial charge in [-0.25, -0.2) is 8.78 Å². The summed E-state index contributed by atoms with van der Waals surface area (Å²) in [7, 11) is 0. The first-order valence-corrected chi connectivity index (χ1v) is 9.05. The van der Waals surface area contributed by atoms with Crippen molar-refractivity contribution in [1.29, 1.82) is 0 Å². The summed E-state index contributed by atoms with van der Waals surface area (Å²) in [5.74, 6) is -0.588. The van der Waals surface area contributed by atoms with Crippen molar-refractivity contribution < 1.29 is 23.4 Å². The van der Waals surface area contributed by atoms with E-state index < -0.39 is 11.8 Å². The lowest BCUT2D eigenvalue weighted by molar-refractivity contribution is -0.136. The van der Waals surface area contributed by atoms with Crippen molar-refractivity contribution in [3.8, 4) is 5.75 Å². The highest BCUT2D eigenvalue weighted by Gasteiger charge is 2.32. The number of hydrogen-bond donors (Lipinski definition) is 1. The molecule has 6 heteroatoms. The molecule has 1 saturated heterocycles. The van der Waals surface area contributed by atoms with E-state index in [1.165, 1.54) is 12.1 Å². The van der Waals surface area contributed by atoms with E-state index in [4.69, 9.17) is 9.84 Å². The Morgan fingerprint density at radius 2 is 2.04 bits per heavy atom. The van der Waals surface area contributed by atoms with Crippen molar-refractivity contribution in [3.63, 3.8) is 0 Å². The molecule has 0 radical (unpaired) electrons. The van der Waals surface area contributed by atoms with Crippen LogP contribution in [0.25, 0.3) is 0 Å². The summed E-state index contributed by atoms with van der Waals surface area (Å²) in [6.45, 7) is 3.93. The average molecular weight is 375 g/mol. The molecular formula is C21H23F2NO3. The number of rotatable bonds is 8. The number of halogens is 2. The molecule has 27 heavy (non-hydrogen) atoms. The molecule has 0 saturated carbocycles. The summed E-state index contributed by atoms with van der Waals surface area (Å²) >= 11 is 0. The Labute approximate surface area is 157 Å². The molecule has 1 fully saturated rings. The van der Waals surface area contributed by atoms with Crippen LogP contribution in [0.5, 0.6) is 5.75 Å². The molecule has 1 N–H and O–H groups in total. The van der Waals surface area contributed by atoms with E-state index in [0.717, 1.165) is 30.5 Å². The SMILES string of the molecule is CC(c1cc(F)ccc1F)N1CC(COc2cccc(CCC(=O)O)c2)C1. The number of nitrogens with zero attached hydrogens (tertiary/aromatic N) is 1. The van der Waals surface area contributed by atoms with Gasteiger partial charge in [0.05, 0.1) is 6.61 Å². The van der Waals surface area contributed by atoms with Gasteiger partial charge >= 0.3 is 5.97 Å². The number of aryl methyl sites for hydroxylation is 1. The fourth-order valence-corrected chi connectivity index (χ4v) is 3.32. The first-order chi connectivity index (χ1) is 12.9. The number of hydrogen-bond acceptors (Lipinski definition) is 3. The molecule has 2 aromatic rings. The molecule has 0 aromatic heterocycles. The minimum atomic E-state index is -0.820. The largest absolute Gasteiger partial charge is 0.493 e. The van der Waals surface area contributed by atoms with Gasteiger partial charge in [-0.05, 0) is 49.2 Å². The molecule has 0 aliphatic carbocycles. The predicted octanol–water partition coefficient (Wildman–Crippen LogP) is 4.05. The van der Waals surface area contributed by atoms with E-state index >= 15 is 0 Å². The third kappa shape index (κ3) is 5.04. The molecule has 0 spiro atoms. The normalized spacial score (nSPS) is 16.0. The van der Waals surface area contributed by atoms with Crippen LogP contribution < -0.4 is 4.74 Å². The van der Waals surface area contributed by atoms with Crippen LogP contribution in [-0.4, -0.2) is 35.7 Å². The zero-order valence-corrected chi connectivity index (χ0v) is 15.2. The quantitative estimate of drug-likeness (QED) is 0.756.